The molecule has 0 saturated heterocycles. The van der Waals surface area contributed by atoms with Crippen LogP contribution in [0.4, 0.5) is 5.69 Å². The third-order valence-electron chi connectivity index (χ3n) is 4.83. The summed E-state index contributed by atoms with van der Waals surface area (Å²) >= 11 is 24.6. The van der Waals surface area contributed by atoms with Gasteiger partial charge in [0.25, 0.3) is 0 Å². The minimum atomic E-state index is -3.94. The number of nitrogens with zero attached hydrogens (tertiary/aromatic N) is 2. The summed E-state index contributed by atoms with van der Waals surface area (Å²) in [5.74, 6) is -1.04. The van der Waals surface area contributed by atoms with Crippen molar-refractivity contribution in [3.63, 3.8) is 0 Å². The lowest BCUT2D eigenvalue weighted by Gasteiger charge is -2.32. The number of carbonyl (C=O) groups is 2. The van der Waals surface area contributed by atoms with Crippen molar-refractivity contribution in [3.8, 4) is 0 Å². The Hall–Kier alpha value is -1.71. The number of rotatable bonds is 9. The fourth-order valence-corrected chi connectivity index (χ4v) is 4.87. The summed E-state index contributed by atoms with van der Waals surface area (Å²) in [7, 11) is -3.94. The highest BCUT2D eigenvalue weighted by Gasteiger charge is 2.31. The molecule has 0 aliphatic rings. The van der Waals surface area contributed by atoms with E-state index < -0.39 is 34.4 Å². The maximum atomic E-state index is 13.5. The molecule has 0 radical (unpaired) electrons. The quantitative estimate of drug-likeness (QED) is 0.461. The highest BCUT2D eigenvalue weighted by Crippen LogP contribution is 2.34. The zero-order valence-corrected chi connectivity index (χ0v) is 22.8. The lowest BCUT2D eigenvalue weighted by Crippen LogP contribution is -2.52. The van der Waals surface area contributed by atoms with Gasteiger partial charge in [-0.2, -0.15) is 0 Å². The molecule has 1 atom stereocenters. The predicted molar refractivity (Wildman–Crippen MR) is 138 cm³/mol. The van der Waals surface area contributed by atoms with Crippen molar-refractivity contribution in [3.05, 3.63) is 62.1 Å². The van der Waals surface area contributed by atoms with E-state index >= 15 is 0 Å². The SMILES string of the molecule is CC(C)NC(=O)[C@H](C)N(Cc1ccc(Cl)cc1Cl)C(=O)CN(c1cccc(Cl)c1Cl)S(C)(=O)=O. The number of halogens is 4. The van der Waals surface area contributed by atoms with Crippen LogP contribution < -0.4 is 9.62 Å². The highest BCUT2D eigenvalue weighted by molar-refractivity contribution is 7.92. The van der Waals surface area contributed by atoms with Gasteiger partial charge in [-0.25, -0.2) is 8.42 Å². The highest BCUT2D eigenvalue weighted by atomic mass is 35.5. The zero-order chi connectivity index (χ0) is 25.8. The van der Waals surface area contributed by atoms with Gasteiger partial charge >= 0.3 is 0 Å². The van der Waals surface area contributed by atoms with Crippen molar-refractivity contribution >= 4 is 73.9 Å². The molecule has 0 aromatic heterocycles. The molecule has 0 aliphatic heterocycles. The van der Waals surface area contributed by atoms with E-state index in [1.807, 2.05) is 0 Å². The van der Waals surface area contributed by atoms with Gasteiger partial charge < -0.3 is 10.2 Å². The Balaban J connectivity index is 2.47. The molecule has 1 N–H and O–H groups in total. The average molecular weight is 569 g/mol. The average Bonchev–Trinajstić information content (AvgIpc) is 2.72. The van der Waals surface area contributed by atoms with Crippen LogP contribution in [-0.2, 0) is 26.2 Å². The van der Waals surface area contributed by atoms with E-state index in [2.05, 4.69) is 5.32 Å². The second kappa shape index (κ2) is 11.8. The van der Waals surface area contributed by atoms with Crippen LogP contribution in [0.2, 0.25) is 20.1 Å². The van der Waals surface area contributed by atoms with Crippen LogP contribution >= 0.6 is 46.4 Å². The van der Waals surface area contributed by atoms with Gasteiger partial charge in [-0.15, -0.1) is 0 Å². The number of carbonyl (C=O) groups excluding carboxylic acids is 2. The first-order valence-electron chi connectivity index (χ1n) is 10.2. The summed E-state index contributed by atoms with van der Waals surface area (Å²) in [5, 5.41) is 3.60. The Bertz CT molecular complexity index is 1170. The number of amides is 2. The maximum absolute atomic E-state index is 13.5. The molecule has 2 rings (SSSR count). The van der Waals surface area contributed by atoms with Crippen molar-refractivity contribution in [2.75, 3.05) is 17.1 Å². The molecule has 0 heterocycles. The first-order valence-corrected chi connectivity index (χ1v) is 13.5. The molecular weight excluding hydrogens is 544 g/mol. The number of sulfonamides is 1. The van der Waals surface area contributed by atoms with E-state index in [1.54, 1.807) is 32.9 Å². The first kappa shape index (κ1) is 28.5. The van der Waals surface area contributed by atoms with Crippen molar-refractivity contribution in [2.45, 2.75) is 39.4 Å². The lowest BCUT2D eigenvalue weighted by atomic mass is 10.1. The van der Waals surface area contributed by atoms with Crippen LogP contribution in [0.5, 0.6) is 0 Å². The Morgan fingerprint density at radius 1 is 1.00 bits per heavy atom. The van der Waals surface area contributed by atoms with Crippen LogP contribution in [0.25, 0.3) is 0 Å². The standard InChI is InChI=1S/C22H25Cl4N3O4S/c1-13(2)27-22(31)14(3)28(11-15-8-9-16(23)10-18(15)25)20(30)12-29(34(4,32)33)19-7-5-6-17(24)21(19)26/h5-10,13-14H,11-12H2,1-4H3,(H,27,31)/t14-/m0/s1. The van der Waals surface area contributed by atoms with Gasteiger partial charge in [-0.05, 0) is 50.6 Å². The molecule has 186 valence electrons. The van der Waals surface area contributed by atoms with Gasteiger partial charge in [-0.1, -0.05) is 58.5 Å². The summed E-state index contributed by atoms with van der Waals surface area (Å²) in [4.78, 5) is 27.5. The van der Waals surface area contributed by atoms with Crippen LogP contribution in [-0.4, -0.2) is 50.0 Å². The van der Waals surface area contributed by atoms with E-state index in [9.17, 15) is 18.0 Å². The zero-order valence-electron chi connectivity index (χ0n) is 19.0. The first-order chi connectivity index (χ1) is 15.7. The number of hydrogen-bond donors (Lipinski definition) is 1. The lowest BCUT2D eigenvalue weighted by molar-refractivity contribution is -0.139. The van der Waals surface area contributed by atoms with E-state index in [1.165, 1.54) is 29.2 Å². The molecule has 34 heavy (non-hydrogen) atoms. The second-order valence-corrected chi connectivity index (χ2v) is 11.5. The molecule has 2 aromatic carbocycles. The van der Waals surface area contributed by atoms with Crippen molar-refractivity contribution in [2.24, 2.45) is 0 Å². The fourth-order valence-electron chi connectivity index (χ4n) is 3.10. The summed E-state index contributed by atoms with van der Waals surface area (Å²) in [6.07, 6.45) is 0.951. The molecule has 0 spiro atoms. The van der Waals surface area contributed by atoms with Crippen LogP contribution in [0.3, 0.4) is 0 Å². The molecule has 0 bridgehead atoms. The van der Waals surface area contributed by atoms with Crippen molar-refractivity contribution in [1.29, 1.82) is 0 Å². The van der Waals surface area contributed by atoms with Gasteiger partial charge in [0.1, 0.15) is 12.6 Å². The van der Waals surface area contributed by atoms with Crippen molar-refractivity contribution in [1.82, 2.24) is 10.2 Å². The van der Waals surface area contributed by atoms with E-state index in [4.69, 9.17) is 46.4 Å². The summed E-state index contributed by atoms with van der Waals surface area (Å²) in [6, 6.07) is 8.14. The molecule has 0 aliphatic carbocycles. The van der Waals surface area contributed by atoms with Gasteiger partial charge in [0.2, 0.25) is 21.8 Å². The number of hydrogen-bond acceptors (Lipinski definition) is 4. The van der Waals surface area contributed by atoms with E-state index in [0.717, 1.165) is 10.6 Å². The van der Waals surface area contributed by atoms with Gasteiger partial charge in [0.15, 0.2) is 0 Å². The molecule has 0 unspecified atom stereocenters. The molecule has 12 heteroatoms. The second-order valence-electron chi connectivity index (χ2n) is 7.94. The van der Waals surface area contributed by atoms with Gasteiger partial charge in [-0.3, -0.25) is 13.9 Å². The maximum Gasteiger partial charge on any atom is 0.244 e. The number of anilines is 1. The molecule has 2 aromatic rings. The summed E-state index contributed by atoms with van der Waals surface area (Å²) in [5.41, 5.74) is 0.587. The topological polar surface area (TPSA) is 86.8 Å². The van der Waals surface area contributed by atoms with E-state index in [0.29, 0.717) is 15.6 Å². The Morgan fingerprint density at radius 3 is 2.21 bits per heavy atom. The van der Waals surface area contributed by atoms with Crippen LogP contribution in [0.15, 0.2) is 36.4 Å². The smallest absolute Gasteiger partial charge is 0.244 e. The molecular formula is C22H25Cl4N3O4S. The van der Waals surface area contributed by atoms with Gasteiger partial charge in [0, 0.05) is 22.6 Å². The number of nitrogens with one attached hydrogen (secondary N) is 1. The fraction of sp³-hybridized carbons (Fsp3) is 0.364. The largest absolute Gasteiger partial charge is 0.352 e. The molecule has 0 saturated carbocycles. The van der Waals surface area contributed by atoms with Crippen molar-refractivity contribution < 1.29 is 18.0 Å². The Labute approximate surface area is 220 Å². The van der Waals surface area contributed by atoms with Gasteiger partial charge in [0.05, 0.1) is 22.0 Å². The summed E-state index contributed by atoms with van der Waals surface area (Å²) < 4.78 is 26.0. The molecule has 7 nitrogen and oxygen atoms in total. The number of benzene rings is 2. The molecule has 0 fully saturated rings. The Kier molecular flexibility index (Phi) is 9.91. The predicted octanol–water partition coefficient (Wildman–Crippen LogP) is 5.01. The molecule has 2 amide bonds. The minimum absolute atomic E-state index is 0.0136. The third-order valence-corrected chi connectivity index (χ3v) is 7.36. The summed E-state index contributed by atoms with van der Waals surface area (Å²) in [6.45, 7) is 4.47. The minimum Gasteiger partial charge on any atom is -0.352 e. The Morgan fingerprint density at radius 2 is 1.65 bits per heavy atom. The third kappa shape index (κ3) is 7.39. The monoisotopic (exact) mass is 567 g/mol. The van der Waals surface area contributed by atoms with E-state index in [-0.39, 0.29) is 28.3 Å². The van der Waals surface area contributed by atoms with Crippen LogP contribution in [0, 0.1) is 0 Å². The normalized spacial score (nSPS) is 12.4. The van der Waals surface area contributed by atoms with Crippen LogP contribution in [0.1, 0.15) is 26.3 Å².